The molecule has 3 N–H and O–H groups in total. The third kappa shape index (κ3) is 8.17. The zero-order chi connectivity index (χ0) is 18.8. The van der Waals surface area contributed by atoms with Crippen molar-refractivity contribution >= 4 is 47.4 Å². The van der Waals surface area contributed by atoms with Crippen LogP contribution in [-0.2, 0) is 13.0 Å². The van der Waals surface area contributed by atoms with Crippen molar-refractivity contribution in [3.8, 4) is 0 Å². The minimum Gasteiger partial charge on any atom is -0.357 e. The Kier molecular flexibility index (Phi) is 10.8. The summed E-state index contributed by atoms with van der Waals surface area (Å²) >= 11 is 5.91. The summed E-state index contributed by atoms with van der Waals surface area (Å²) in [7, 11) is 1.62. The lowest BCUT2D eigenvalue weighted by atomic mass is 10.1. The van der Waals surface area contributed by atoms with Gasteiger partial charge in [0.15, 0.2) is 5.96 Å². The molecule has 0 fully saturated rings. The second kappa shape index (κ2) is 12.6. The van der Waals surface area contributed by atoms with Gasteiger partial charge in [-0.25, -0.2) is 4.99 Å². The average molecular weight is 501 g/mol. The maximum Gasteiger partial charge on any atom is 0.251 e. The molecule has 0 atom stereocenters. The number of amides is 1. The fourth-order valence-electron chi connectivity index (χ4n) is 2.39. The topological polar surface area (TPSA) is 65.5 Å². The van der Waals surface area contributed by atoms with Crippen LogP contribution < -0.4 is 16.0 Å². The van der Waals surface area contributed by atoms with Crippen LogP contribution in [0.25, 0.3) is 0 Å². The van der Waals surface area contributed by atoms with Crippen molar-refractivity contribution in [2.24, 2.45) is 4.99 Å². The van der Waals surface area contributed by atoms with E-state index < -0.39 is 0 Å². The third-order valence-corrected chi connectivity index (χ3v) is 4.08. The van der Waals surface area contributed by atoms with Crippen molar-refractivity contribution in [2.45, 2.75) is 19.9 Å². The molecular formula is C20H26ClIN4O. The molecule has 0 saturated carbocycles. The van der Waals surface area contributed by atoms with Crippen LogP contribution in [0.2, 0.25) is 5.02 Å². The van der Waals surface area contributed by atoms with E-state index in [1.54, 1.807) is 7.05 Å². The Morgan fingerprint density at radius 1 is 1.00 bits per heavy atom. The summed E-state index contributed by atoms with van der Waals surface area (Å²) in [4.78, 5) is 16.2. The molecule has 0 aromatic heterocycles. The predicted octanol–water partition coefficient (Wildman–Crippen LogP) is 3.62. The van der Waals surface area contributed by atoms with E-state index in [0.717, 1.165) is 36.1 Å². The van der Waals surface area contributed by atoms with Crippen molar-refractivity contribution in [2.75, 3.05) is 20.1 Å². The van der Waals surface area contributed by atoms with E-state index in [4.69, 9.17) is 11.6 Å². The lowest BCUT2D eigenvalue weighted by Gasteiger charge is -2.11. The van der Waals surface area contributed by atoms with Crippen LogP contribution in [0.5, 0.6) is 0 Å². The first kappa shape index (κ1) is 23.2. The molecule has 0 unspecified atom stereocenters. The molecule has 146 valence electrons. The molecule has 0 heterocycles. The van der Waals surface area contributed by atoms with Gasteiger partial charge in [0.25, 0.3) is 5.91 Å². The molecule has 0 bridgehead atoms. The number of nitrogens with zero attached hydrogens (tertiary/aromatic N) is 1. The summed E-state index contributed by atoms with van der Waals surface area (Å²) in [5, 5.41) is 9.94. The molecule has 5 nitrogen and oxygen atoms in total. The Morgan fingerprint density at radius 2 is 1.63 bits per heavy atom. The van der Waals surface area contributed by atoms with Crippen LogP contribution in [0.1, 0.15) is 28.4 Å². The van der Waals surface area contributed by atoms with Crippen LogP contribution in [0.15, 0.2) is 53.5 Å². The summed E-state index contributed by atoms with van der Waals surface area (Å²) in [6.07, 6.45) is 0.891. The monoisotopic (exact) mass is 500 g/mol. The Morgan fingerprint density at radius 3 is 2.22 bits per heavy atom. The zero-order valence-corrected chi connectivity index (χ0v) is 18.7. The number of carbonyl (C=O) groups is 1. The van der Waals surface area contributed by atoms with Crippen molar-refractivity contribution in [1.82, 2.24) is 16.0 Å². The van der Waals surface area contributed by atoms with E-state index in [2.05, 4.69) is 20.9 Å². The maximum atomic E-state index is 11.6. The average Bonchev–Trinajstić information content (AvgIpc) is 2.67. The van der Waals surface area contributed by atoms with Crippen LogP contribution in [0.3, 0.4) is 0 Å². The summed E-state index contributed by atoms with van der Waals surface area (Å²) < 4.78 is 0. The molecule has 0 radical (unpaired) electrons. The highest BCUT2D eigenvalue weighted by atomic mass is 127. The fourth-order valence-corrected chi connectivity index (χ4v) is 2.52. The minimum absolute atomic E-state index is 0. The molecule has 2 rings (SSSR count). The number of hydrogen-bond donors (Lipinski definition) is 3. The molecule has 0 saturated heterocycles. The van der Waals surface area contributed by atoms with Crippen molar-refractivity contribution in [3.63, 3.8) is 0 Å². The first-order valence-electron chi connectivity index (χ1n) is 8.70. The SMILES string of the molecule is CCNC(=NCc1ccc(C(=O)NC)cc1)NCCc1ccc(Cl)cc1.I. The number of nitrogens with one attached hydrogen (secondary N) is 3. The van der Waals surface area contributed by atoms with Gasteiger partial charge in [0, 0.05) is 30.7 Å². The van der Waals surface area contributed by atoms with E-state index in [9.17, 15) is 4.79 Å². The Hall–Kier alpha value is -1.80. The van der Waals surface area contributed by atoms with Crippen LogP contribution in [-0.4, -0.2) is 32.0 Å². The van der Waals surface area contributed by atoms with Gasteiger partial charge in [0.2, 0.25) is 0 Å². The second-order valence-electron chi connectivity index (χ2n) is 5.77. The molecule has 0 spiro atoms. The molecule has 27 heavy (non-hydrogen) atoms. The van der Waals surface area contributed by atoms with E-state index in [-0.39, 0.29) is 29.9 Å². The van der Waals surface area contributed by atoms with Crippen LogP contribution in [0.4, 0.5) is 0 Å². The van der Waals surface area contributed by atoms with E-state index in [1.165, 1.54) is 5.56 Å². The third-order valence-electron chi connectivity index (χ3n) is 3.83. The lowest BCUT2D eigenvalue weighted by Crippen LogP contribution is -2.38. The van der Waals surface area contributed by atoms with Gasteiger partial charge in [-0.3, -0.25) is 4.79 Å². The van der Waals surface area contributed by atoms with Crippen molar-refractivity contribution in [1.29, 1.82) is 0 Å². The summed E-state index contributed by atoms with van der Waals surface area (Å²) in [5.41, 5.74) is 2.92. The van der Waals surface area contributed by atoms with Crippen molar-refractivity contribution < 1.29 is 4.79 Å². The minimum atomic E-state index is -0.0859. The normalized spacial score (nSPS) is 10.7. The first-order chi connectivity index (χ1) is 12.6. The molecule has 7 heteroatoms. The highest BCUT2D eigenvalue weighted by Gasteiger charge is 2.03. The Labute approximate surface area is 183 Å². The highest BCUT2D eigenvalue weighted by molar-refractivity contribution is 14.0. The van der Waals surface area contributed by atoms with Crippen molar-refractivity contribution in [3.05, 3.63) is 70.2 Å². The second-order valence-corrected chi connectivity index (χ2v) is 6.21. The van der Waals surface area contributed by atoms with Gasteiger partial charge >= 0.3 is 0 Å². The Balaban J connectivity index is 0.00000364. The zero-order valence-electron chi connectivity index (χ0n) is 15.6. The van der Waals surface area contributed by atoms with Gasteiger partial charge in [0.1, 0.15) is 0 Å². The standard InChI is InChI=1S/C20H25ClN4O.HI/c1-3-23-20(24-13-12-15-6-10-18(21)11-7-15)25-14-16-4-8-17(9-5-16)19(26)22-2;/h4-11H,3,12-14H2,1-2H3,(H,22,26)(H2,23,24,25);1H. The smallest absolute Gasteiger partial charge is 0.251 e. The van der Waals surface area contributed by atoms with Gasteiger partial charge < -0.3 is 16.0 Å². The molecular weight excluding hydrogens is 475 g/mol. The van der Waals surface area contributed by atoms with E-state index >= 15 is 0 Å². The number of rotatable bonds is 7. The first-order valence-corrected chi connectivity index (χ1v) is 9.07. The maximum absolute atomic E-state index is 11.6. The highest BCUT2D eigenvalue weighted by Crippen LogP contribution is 2.09. The largest absolute Gasteiger partial charge is 0.357 e. The van der Waals surface area contributed by atoms with Gasteiger partial charge in [0.05, 0.1) is 6.54 Å². The lowest BCUT2D eigenvalue weighted by molar-refractivity contribution is 0.0963. The summed E-state index contributed by atoms with van der Waals surface area (Å²) in [6, 6.07) is 15.3. The molecule has 1 amide bonds. The number of aliphatic imine (C=N–C) groups is 1. The molecule has 2 aromatic rings. The predicted molar refractivity (Wildman–Crippen MR) is 123 cm³/mol. The summed E-state index contributed by atoms with van der Waals surface area (Å²) in [5.74, 6) is 0.689. The van der Waals surface area contributed by atoms with Crippen LogP contribution in [0, 0.1) is 0 Å². The Bertz CT molecular complexity index is 733. The van der Waals surface area contributed by atoms with E-state index in [0.29, 0.717) is 12.1 Å². The van der Waals surface area contributed by atoms with E-state index in [1.807, 2.05) is 55.5 Å². The number of halogens is 2. The molecule has 0 aliphatic carbocycles. The van der Waals surface area contributed by atoms with Gasteiger partial charge in [-0.1, -0.05) is 35.9 Å². The molecule has 0 aliphatic heterocycles. The molecule has 0 aliphatic rings. The molecule has 2 aromatic carbocycles. The quantitative estimate of drug-likeness (QED) is 0.309. The number of carbonyl (C=O) groups excluding carboxylic acids is 1. The number of guanidine groups is 1. The number of hydrogen-bond acceptors (Lipinski definition) is 2. The summed E-state index contributed by atoms with van der Waals surface area (Å²) in [6.45, 7) is 4.16. The van der Waals surface area contributed by atoms with Gasteiger partial charge in [-0.2, -0.15) is 0 Å². The fraction of sp³-hybridized carbons (Fsp3) is 0.300. The number of benzene rings is 2. The van der Waals surface area contributed by atoms with Gasteiger partial charge in [-0.05, 0) is 48.7 Å². The van der Waals surface area contributed by atoms with Crippen LogP contribution >= 0.6 is 35.6 Å². The van der Waals surface area contributed by atoms with Gasteiger partial charge in [-0.15, -0.1) is 24.0 Å².